The van der Waals surface area contributed by atoms with Crippen LogP contribution in [-0.2, 0) is 16.6 Å². The minimum absolute atomic E-state index is 0.0320. The van der Waals surface area contributed by atoms with Crippen LogP contribution >= 0.6 is 0 Å². The standard InChI is InChI=1S/C21H24N6O2/c1-12-24-19(18(22)20(28)25-12)21(29)26-16-8-7-15(11-16)13-3-5-14(6-4-13)17-9-10-23-27(17)2/h3-6,9-10,15-16,24H,1,7-8,11,22H2,2H3,(H,25,28)(H,26,29)/t15-,16+/m1/s1. The van der Waals surface area contributed by atoms with Crippen LogP contribution < -0.4 is 21.7 Å². The zero-order chi connectivity index (χ0) is 20.5. The lowest BCUT2D eigenvalue weighted by atomic mass is 9.96. The summed E-state index contributed by atoms with van der Waals surface area (Å²) < 4.78 is 1.85. The van der Waals surface area contributed by atoms with Crippen molar-refractivity contribution >= 4 is 11.8 Å². The molecule has 0 unspecified atom stereocenters. The molecule has 8 heteroatoms. The number of aryl methyl sites for hydroxylation is 1. The van der Waals surface area contributed by atoms with E-state index in [1.165, 1.54) is 5.56 Å². The third-order valence-corrected chi connectivity index (χ3v) is 5.55. The first kappa shape index (κ1) is 18.8. The molecule has 4 rings (SSSR count). The number of nitrogens with zero attached hydrogens (tertiary/aromatic N) is 2. The van der Waals surface area contributed by atoms with E-state index in [1.54, 1.807) is 6.20 Å². The summed E-state index contributed by atoms with van der Waals surface area (Å²) in [6.07, 6.45) is 4.50. The maximum Gasteiger partial charge on any atom is 0.274 e. The molecule has 1 aliphatic heterocycles. The molecule has 29 heavy (non-hydrogen) atoms. The Morgan fingerprint density at radius 2 is 2.00 bits per heavy atom. The number of rotatable bonds is 4. The Bertz CT molecular complexity index is 1000. The SMILES string of the molecule is C=C1NC(=O)C(N)=C(C(=O)N[C@H]2CC[C@@H](c3ccc(-c4ccnn4C)cc3)C2)N1. The topological polar surface area (TPSA) is 114 Å². The lowest BCUT2D eigenvalue weighted by molar-refractivity contribution is -0.121. The lowest BCUT2D eigenvalue weighted by Gasteiger charge is -2.22. The third-order valence-electron chi connectivity index (χ3n) is 5.55. The number of nitrogens with two attached hydrogens (primary N) is 1. The molecular formula is C21H24N6O2. The smallest absolute Gasteiger partial charge is 0.274 e. The predicted octanol–water partition coefficient (Wildman–Crippen LogP) is 1.20. The van der Waals surface area contributed by atoms with Crippen LogP contribution in [0.4, 0.5) is 0 Å². The molecule has 2 amide bonds. The fourth-order valence-corrected chi connectivity index (χ4v) is 4.00. The first-order valence-corrected chi connectivity index (χ1v) is 9.58. The maximum atomic E-state index is 12.6. The fourth-order valence-electron chi connectivity index (χ4n) is 4.00. The van der Waals surface area contributed by atoms with E-state index in [4.69, 9.17) is 5.73 Å². The summed E-state index contributed by atoms with van der Waals surface area (Å²) in [6, 6.07) is 10.5. The minimum Gasteiger partial charge on any atom is -0.392 e. The second kappa shape index (κ2) is 7.46. The van der Waals surface area contributed by atoms with Crippen LogP contribution in [0.25, 0.3) is 11.3 Å². The van der Waals surface area contributed by atoms with Gasteiger partial charge in [0.05, 0.1) is 5.69 Å². The molecule has 8 nitrogen and oxygen atoms in total. The number of hydrogen-bond acceptors (Lipinski definition) is 5. The van der Waals surface area contributed by atoms with Gasteiger partial charge in [-0.15, -0.1) is 0 Å². The number of amides is 2. The monoisotopic (exact) mass is 392 g/mol. The van der Waals surface area contributed by atoms with E-state index in [0.717, 1.165) is 30.5 Å². The molecule has 2 atom stereocenters. The molecule has 0 saturated heterocycles. The normalized spacial score (nSPS) is 21.7. The van der Waals surface area contributed by atoms with Crippen LogP contribution in [0.1, 0.15) is 30.7 Å². The number of carbonyl (C=O) groups is 2. The number of aromatic nitrogens is 2. The third kappa shape index (κ3) is 3.73. The Balaban J connectivity index is 1.40. The van der Waals surface area contributed by atoms with E-state index in [0.29, 0.717) is 5.92 Å². The maximum absolute atomic E-state index is 12.6. The first-order chi connectivity index (χ1) is 13.9. The van der Waals surface area contributed by atoms with Gasteiger partial charge in [0.15, 0.2) is 0 Å². The summed E-state index contributed by atoms with van der Waals surface area (Å²) >= 11 is 0. The van der Waals surface area contributed by atoms with Crippen molar-refractivity contribution in [2.75, 3.05) is 0 Å². The van der Waals surface area contributed by atoms with Crippen molar-refractivity contribution in [3.63, 3.8) is 0 Å². The van der Waals surface area contributed by atoms with Crippen molar-refractivity contribution in [1.82, 2.24) is 25.7 Å². The van der Waals surface area contributed by atoms with E-state index < -0.39 is 5.91 Å². The van der Waals surface area contributed by atoms with Gasteiger partial charge < -0.3 is 21.7 Å². The second-order valence-corrected chi connectivity index (χ2v) is 7.49. The summed E-state index contributed by atoms with van der Waals surface area (Å²) in [5, 5.41) is 12.4. The molecule has 1 aromatic heterocycles. The molecule has 1 fully saturated rings. The van der Waals surface area contributed by atoms with Gasteiger partial charge >= 0.3 is 0 Å². The van der Waals surface area contributed by atoms with Crippen molar-refractivity contribution in [3.05, 3.63) is 65.9 Å². The second-order valence-electron chi connectivity index (χ2n) is 7.49. The van der Waals surface area contributed by atoms with Crippen LogP contribution in [0, 0.1) is 0 Å². The van der Waals surface area contributed by atoms with Gasteiger partial charge in [0.25, 0.3) is 11.8 Å². The summed E-state index contributed by atoms with van der Waals surface area (Å²) in [5.41, 5.74) is 9.13. The highest BCUT2D eigenvalue weighted by atomic mass is 16.2. The number of benzene rings is 1. The molecule has 150 valence electrons. The molecule has 0 radical (unpaired) electrons. The Hall–Kier alpha value is -3.55. The quantitative estimate of drug-likeness (QED) is 0.624. The molecule has 0 spiro atoms. The van der Waals surface area contributed by atoms with Gasteiger partial charge in [-0.25, -0.2) is 0 Å². The Morgan fingerprint density at radius 1 is 1.24 bits per heavy atom. The molecule has 1 saturated carbocycles. The van der Waals surface area contributed by atoms with Gasteiger partial charge in [0.2, 0.25) is 0 Å². The van der Waals surface area contributed by atoms with Crippen LogP contribution in [-0.4, -0.2) is 27.6 Å². The highest BCUT2D eigenvalue weighted by Crippen LogP contribution is 2.35. The van der Waals surface area contributed by atoms with Crippen molar-refractivity contribution in [2.24, 2.45) is 12.8 Å². The van der Waals surface area contributed by atoms with Crippen molar-refractivity contribution < 1.29 is 9.59 Å². The van der Waals surface area contributed by atoms with Crippen LogP contribution in [0.5, 0.6) is 0 Å². The minimum atomic E-state index is -0.517. The fraction of sp³-hybridized carbons (Fsp3) is 0.286. The van der Waals surface area contributed by atoms with E-state index in [-0.39, 0.29) is 29.2 Å². The van der Waals surface area contributed by atoms with Gasteiger partial charge in [-0.1, -0.05) is 30.8 Å². The zero-order valence-corrected chi connectivity index (χ0v) is 16.2. The molecular weight excluding hydrogens is 368 g/mol. The molecule has 2 heterocycles. The van der Waals surface area contributed by atoms with Gasteiger partial charge in [-0.05, 0) is 42.4 Å². The van der Waals surface area contributed by atoms with Gasteiger partial charge in [0, 0.05) is 19.3 Å². The zero-order valence-electron chi connectivity index (χ0n) is 16.2. The number of carbonyl (C=O) groups excluding carboxylic acids is 2. The summed E-state index contributed by atoms with van der Waals surface area (Å²) in [7, 11) is 1.93. The molecule has 2 aromatic rings. The van der Waals surface area contributed by atoms with E-state index in [1.807, 2.05) is 17.8 Å². The molecule has 1 aromatic carbocycles. The van der Waals surface area contributed by atoms with Crippen molar-refractivity contribution in [2.45, 2.75) is 31.2 Å². The summed E-state index contributed by atoms with van der Waals surface area (Å²) in [4.78, 5) is 24.3. The summed E-state index contributed by atoms with van der Waals surface area (Å²) in [6.45, 7) is 3.63. The first-order valence-electron chi connectivity index (χ1n) is 9.58. The van der Waals surface area contributed by atoms with Crippen molar-refractivity contribution in [3.8, 4) is 11.3 Å². The highest BCUT2D eigenvalue weighted by molar-refractivity contribution is 6.05. The Kier molecular flexibility index (Phi) is 4.84. The van der Waals surface area contributed by atoms with Crippen LogP contribution in [0.3, 0.4) is 0 Å². The van der Waals surface area contributed by atoms with Gasteiger partial charge in [-0.2, -0.15) is 5.10 Å². The molecule has 1 aliphatic carbocycles. The van der Waals surface area contributed by atoms with E-state index in [9.17, 15) is 9.59 Å². The number of nitrogens with one attached hydrogen (secondary N) is 3. The van der Waals surface area contributed by atoms with E-state index >= 15 is 0 Å². The van der Waals surface area contributed by atoms with Crippen LogP contribution in [0.15, 0.2) is 60.3 Å². The largest absolute Gasteiger partial charge is 0.392 e. The number of hydrogen-bond donors (Lipinski definition) is 4. The molecule has 5 N–H and O–H groups in total. The average molecular weight is 392 g/mol. The average Bonchev–Trinajstić information content (AvgIpc) is 3.34. The Labute approximate surface area is 168 Å². The lowest BCUT2D eigenvalue weighted by Crippen LogP contribution is -2.47. The summed E-state index contributed by atoms with van der Waals surface area (Å²) in [5.74, 6) is -0.274. The predicted molar refractivity (Wildman–Crippen MR) is 109 cm³/mol. The van der Waals surface area contributed by atoms with Gasteiger partial charge in [-0.3, -0.25) is 14.3 Å². The van der Waals surface area contributed by atoms with E-state index in [2.05, 4.69) is 51.9 Å². The highest BCUT2D eigenvalue weighted by Gasteiger charge is 2.30. The Morgan fingerprint density at radius 3 is 2.69 bits per heavy atom. The van der Waals surface area contributed by atoms with Crippen LogP contribution in [0.2, 0.25) is 0 Å². The molecule has 2 aliphatic rings. The van der Waals surface area contributed by atoms with Gasteiger partial charge in [0.1, 0.15) is 17.2 Å². The van der Waals surface area contributed by atoms with Crippen molar-refractivity contribution in [1.29, 1.82) is 0 Å². The molecule has 0 bridgehead atoms.